The summed E-state index contributed by atoms with van der Waals surface area (Å²) in [7, 11) is 0. The van der Waals surface area contributed by atoms with E-state index >= 15 is 0 Å². The fourth-order valence-corrected chi connectivity index (χ4v) is 1.79. The van der Waals surface area contributed by atoms with Crippen LogP contribution in [-0.4, -0.2) is 52.0 Å². The lowest BCUT2D eigenvalue weighted by Crippen LogP contribution is -2.39. The van der Waals surface area contributed by atoms with Crippen molar-refractivity contribution in [3.05, 3.63) is 0 Å². The maximum Gasteiger partial charge on any atom is 0.191 e. The average Bonchev–Trinajstić information content (AvgIpc) is 3.26. The number of halogens is 1. The summed E-state index contributed by atoms with van der Waals surface area (Å²) in [5.74, 6) is 2.30. The second kappa shape index (κ2) is 14.5. The molecule has 0 radical (unpaired) electrons. The van der Waals surface area contributed by atoms with Crippen LogP contribution < -0.4 is 10.6 Å². The minimum Gasteiger partial charge on any atom is -0.381 e. The van der Waals surface area contributed by atoms with Gasteiger partial charge < -0.3 is 20.1 Å². The number of nitrogens with zero attached hydrogens (tertiary/aromatic N) is 1. The van der Waals surface area contributed by atoms with Crippen molar-refractivity contribution in [1.82, 2.24) is 10.6 Å². The van der Waals surface area contributed by atoms with Gasteiger partial charge in [0.2, 0.25) is 0 Å². The molecule has 6 heteroatoms. The van der Waals surface area contributed by atoms with Gasteiger partial charge in [-0.05, 0) is 38.0 Å². The Morgan fingerprint density at radius 1 is 1.18 bits per heavy atom. The molecule has 0 aromatic heterocycles. The van der Waals surface area contributed by atoms with Gasteiger partial charge in [0.1, 0.15) is 0 Å². The Kier molecular flexibility index (Phi) is 14.5. The highest BCUT2D eigenvalue weighted by Gasteiger charge is 2.20. The van der Waals surface area contributed by atoms with Crippen LogP contribution in [-0.2, 0) is 9.47 Å². The van der Waals surface area contributed by atoms with E-state index in [1.807, 2.05) is 0 Å². The molecule has 1 aliphatic rings. The van der Waals surface area contributed by atoms with Crippen LogP contribution in [0.3, 0.4) is 0 Å². The number of hydrogen-bond donors (Lipinski definition) is 2. The zero-order valence-corrected chi connectivity index (χ0v) is 16.7. The lowest BCUT2D eigenvalue weighted by Gasteiger charge is -2.11. The molecule has 0 aromatic carbocycles. The Morgan fingerprint density at radius 2 is 1.95 bits per heavy atom. The number of hydrogen-bond acceptors (Lipinski definition) is 3. The summed E-state index contributed by atoms with van der Waals surface area (Å²) in [6.07, 6.45) is 3.65. The Labute approximate surface area is 153 Å². The smallest absolute Gasteiger partial charge is 0.191 e. The van der Waals surface area contributed by atoms with Crippen molar-refractivity contribution in [1.29, 1.82) is 0 Å². The number of aliphatic imine (C=N–C) groups is 1. The van der Waals surface area contributed by atoms with E-state index in [-0.39, 0.29) is 24.0 Å². The topological polar surface area (TPSA) is 54.9 Å². The van der Waals surface area contributed by atoms with E-state index in [1.54, 1.807) is 0 Å². The zero-order valence-electron chi connectivity index (χ0n) is 14.4. The van der Waals surface area contributed by atoms with Crippen LogP contribution >= 0.6 is 24.0 Å². The Morgan fingerprint density at radius 3 is 2.59 bits per heavy atom. The molecule has 0 aliphatic heterocycles. The lowest BCUT2D eigenvalue weighted by molar-refractivity contribution is 0.109. The van der Waals surface area contributed by atoms with E-state index in [0.717, 1.165) is 64.4 Å². The molecule has 0 amide bonds. The third kappa shape index (κ3) is 13.6. The van der Waals surface area contributed by atoms with E-state index in [2.05, 4.69) is 36.4 Å². The predicted octanol–water partition coefficient (Wildman–Crippen LogP) is 2.65. The molecule has 5 nitrogen and oxygen atoms in total. The van der Waals surface area contributed by atoms with Gasteiger partial charge in [-0.2, -0.15) is 0 Å². The first-order chi connectivity index (χ1) is 10.2. The molecule has 0 saturated heterocycles. The van der Waals surface area contributed by atoms with Gasteiger partial charge in [0.25, 0.3) is 0 Å². The monoisotopic (exact) mass is 427 g/mol. The lowest BCUT2D eigenvalue weighted by atomic mass is 10.2. The summed E-state index contributed by atoms with van der Waals surface area (Å²) in [5, 5.41) is 6.54. The molecule has 0 bridgehead atoms. The zero-order chi connectivity index (χ0) is 15.3. The average molecular weight is 427 g/mol. The Balaban J connectivity index is 0.00000441. The number of ether oxygens (including phenoxy) is 2. The maximum absolute atomic E-state index is 5.60. The third-order valence-electron chi connectivity index (χ3n) is 3.10. The summed E-state index contributed by atoms with van der Waals surface area (Å²) in [5.41, 5.74) is 0. The standard InChI is InChI=1S/C16H33N3O2.HI/c1-4-17-16(18-8-5-10-20-12-14(2)3)19-9-11-21-13-15-6-7-15;/h14-15H,4-13H2,1-3H3,(H2,17,18,19);1H. The predicted molar refractivity (Wildman–Crippen MR) is 103 cm³/mol. The Hall–Kier alpha value is -0.0800. The molecule has 2 N–H and O–H groups in total. The van der Waals surface area contributed by atoms with Crippen LogP contribution in [0.25, 0.3) is 0 Å². The molecule has 0 spiro atoms. The van der Waals surface area contributed by atoms with E-state index in [0.29, 0.717) is 5.92 Å². The molecule has 0 heterocycles. The molecule has 0 unspecified atom stereocenters. The normalized spacial score (nSPS) is 14.8. The molecular weight excluding hydrogens is 393 g/mol. The Bertz CT molecular complexity index is 285. The van der Waals surface area contributed by atoms with Crippen molar-refractivity contribution in [2.75, 3.05) is 46.1 Å². The highest BCUT2D eigenvalue weighted by Crippen LogP contribution is 2.28. The van der Waals surface area contributed by atoms with Gasteiger partial charge in [-0.1, -0.05) is 13.8 Å². The van der Waals surface area contributed by atoms with Gasteiger partial charge in [0.15, 0.2) is 5.96 Å². The summed E-state index contributed by atoms with van der Waals surface area (Å²) < 4.78 is 11.1. The first kappa shape index (κ1) is 21.9. The summed E-state index contributed by atoms with van der Waals surface area (Å²) in [4.78, 5) is 4.53. The van der Waals surface area contributed by atoms with Gasteiger partial charge in [-0.15, -0.1) is 24.0 Å². The molecule has 1 aliphatic carbocycles. The van der Waals surface area contributed by atoms with Gasteiger partial charge >= 0.3 is 0 Å². The van der Waals surface area contributed by atoms with Crippen LogP contribution in [0.4, 0.5) is 0 Å². The van der Waals surface area contributed by atoms with Crippen LogP contribution in [0.2, 0.25) is 0 Å². The van der Waals surface area contributed by atoms with E-state index < -0.39 is 0 Å². The van der Waals surface area contributed by atoms with Crippen molar-refractivity contribution in [3.63, 3.8) is 0 Å². The van der Waals surface area contributed by atoms with Crippen LogP contribution in [0.15, 0.2) is 4.99 Å². The van der Waals surface area contributed by atoms with Gasteiger partial charge in [-0.25, -0.2) is 0 Å². The van der Waals surface area contributed by atoms with Crippen LogP contribution in [0.5, 0.6) is 0 Å². The maximum atomic E-state index is 5.60. The minimum atomic E-state index is 0. The summed E-state index contributed by atoms with van der Waals surface area (Å²) >= 11 is 0. The summed E-state index contributed by atoms with van der Waals surface area (Å²) in [6.45, 7) is 12.2. The fraction of sp³-hybridized carbons (Fsp3) is 0.938. The van der Waals surface area contributed by atoms with Gasteiger partial charge in [0, 0.05) is 39.5 Å². The second-order valence-electron chi connectivity index (χ2n) is 6.03. The van der Waals surface area contributed by atoms with Crippen LogP contribution in [0, 0.1) is 11.8 Å². The molecular formula is C16H34IN3O2. The SMILES string of the molecule is CCNC(=NCCCOCC(C)C)NCCOCC1CC1.I. The first-order valence-electron chi connectivity index (χ1n) is 8.40. The van der Waals surface area contributed by atoms with Crippen molar-refractivity contribution in [3.8, 4) is 0 Å². The van der Waals surface area contributed by atoms with Crippen molar-refractivity contribution < 1.29 is 9.47 Å². The van der Waals surface area contributed by atoms with E-state index in [9.17, 15) is 0 Å². The highest BCUT2D eigenvalue weighted by molar-refractivity contribution is 14.0. The van der Waals surface area contributed by atoms with E-state index in [4.69, 9.17) is 9.47 Å². The van der Waals surface area contributed by atoms with E-state index in [1.165, 1.54) is 12.8 Å². The minimum absolute atomic E-state index is 0. The molecule has 1 saturated carbocycles. The molecule has 1 rings (SSSR count). The molecule has 0 aromatic rings. The van der Waals surface area contributed by atoms with Gasteiger partial charge in [-0.3, -0.25) is 4.99 Å². The first-order valence-corrected chi connectivity index (χ1v) is 8.40. The highest BCUT2D eigenvalue weighted by atomic mass is 127. The quantitative estimate of drug-likeness (QED) is 0.218. The number of guanidine groups is 1. The van der Waals surface area contributed by atoms with Crippen LogP contribution in [0.1, 0.15) is 40.0 Å². The summed E-state index contributed by atoms with van der Waals surface area (Å²) in [6, 6.07) is 0. The number of nitrogens with one attached hydrogen (secondary N) is 2. The van der Waals surface area contributed by atoms with Crippen molar-refractivity contribution in [2.45, 2.75) is 40.0 Å². The van der Waals surface area contributed by atoms with Crippen molar-refractivity contribution in [2.24, 2.45) is 16.8 Å². The molecule has 0 atom stereocenters. The molecule has 1 fully saturated rings. The number of rotatable bonds is 12. The third-order valence-corrected chi connectivity index (χ3v) is 3.10. The van der Waals surface area contributed by atoms with Gasteiger partial charge in [0.05, 0.1) is 6.61 Å². The van der Waals surface area contributed by atoms with Crippen molar-refractivity contribution >= 4 is 29.9 Å². The fourth-order valence-electron chi connectivity index (χ4n) is 1.79. The largest absolute Gasteiger partial charge is 0.381 e. The second-order valence-corrected chi connectivity index (χ2v) is 6.03. The molecule has 132 valence electrons. The molecule has 22 heavy (non-hydrogen) atoms.